The highest BCUT2D eigenvalue weighted by Crippen LogP contribution is 2.12. The van der Waals surface area contributed by atoms with E-state index in [1.54, 1.807) is 0 Å². The maximum Gasteiger partial charge on any atom is 0.0694 e. The van der Waals surface area contributed by atoms with E-state index < -0.39 is 0 Å². The molecule has 1 nitrogen and oxygen atoms in total. The van der Waals surface area contributed by atoms with E-state index in [1.807, 2.05) is 11.8 Å². The van der Waals surface area contributed by atoms with Crippen LogP contribution in [0.3, 0.4) is 0 Å². The first-order chi connectivity index (χ1) is 3.31. The van der Waals surface area contributed by atoms with Crippen molar-refractivity contribution in [2.45, 2.75) is 3.26 Å². The van der Waals surface area contributed by atoms with Crippen molar-refractivity contribution in [2.75, 3.05) is 12.8 Å². The van der Waals surface area contributed by atoms with Crippen molar-refractivity contribution < 1.29 is 0 Å². The van der Waals surface area contributed by atoms with Crippen LogP contribution in [0.2, 0.25) is 0 Å². The van der Waals surface area contributed by atoms with Gasteiger partial charge in [0, 0.05) is 29.4 Å². The Bertz CT molecular complexity index is 43.9. The number of rotatable bonds is 3. The second kappa shape index (κ2) is 5.90. The van der Waals surface area contributed by atoms with Gasteiger partial charge in [0.05, 0.1) is 3.26 Å². The number of thioether (sulfide) groups is 1. The van der Waals surface area contributed by atoms with Gasteiger partial charge < -0.3 is 0 Å². The van der Waals surface area contributed by atoms with Gasteiger partial charge >= 0.3 is 0 Å². The van der Waals surface area contributed by atoms with E-state index in [9.17, 15) is 0 Å². The van der Waals surface area contributed by atoms with Crippen LogP contribution in [0.25, 0.3) is 0 Å². The molecular formula is C3H7I2NS. The van der Waals surface area contributed by atoms with Crippen LogP contribution in [0.4, 0.5) is 0 Å². The number of alkyl halides is 1. The third-order valence-corrected chi connectivity index (χ3v) is 3.58. The molecule has 1 N–H and O–H groups in total. The number of halogens is 2. The minimum Gasteiger partial charge on any atom is -0.259 e. The van der Waals surface area contributed by atoms with E-state index in [0.29, 0.717) is 0 Å². The van der Waals surface area contributed by atoms with Crippen LogP contribution < -0.4 is 3.53 Å². The molecule has 7 heavy (non-hydrogen) atoms. The van der Waals surface area contributed by atoms with Gasteiger partial charge in [0.2, 0.25) is 0 Å². The van der Waals surface area contributed by atoms with E-state index in [1.165, 1.54) is 0 Å². The Labute approximate surface area is 76.0 Å². The van der Waals surface area contributed by atoms with E-state index in [-0.39, 0.29) is 0 Å². The monoisotopic (exact) mass is 343 g/mol. The summed E-state index contributed by atoms with van der Waals surface area (Å²) in [6.07, 6.45) is 2.12. The van der Waals surface area contributed by atoms with Crippen LogP contribution in [0, 0.1) is 0 Å². The first-order valence-corrected chi connectivity index (χ1v) is 5.43. The van der Waals surface area contributed by atoms with Gasteiger partial charge in [-0.25, -0.2) is 0 Å². The zero-order chi connectivity index (χ0) is 5.70. The van der Waals surface area contributed by atoms with Gasteiger partial charge in [0.25, 0.3) is 0 Å². The molecule has 0 saturated heterocycles. The average molecular weight is 343 g/mol. The van der Waals surface area contributed by atoms with Gasteiger partial charge in [0.1, 0.15) is 0 Å². The van der Waals surface area contributed by atoms with Gasteiger partial charge in [0.15, 0.2) is 0 Å². The molecule has 0 aromatic carbocycles. The summed E-state index contributed by atoms with van der Waals surface area (Å²) in [6.45, 7) is 1.09. The van der Waals surface area contributed by atoms with Gasteiger partial charge in [-0.05, 0) is 6.26 Å². The summed E-state index contributed by atoms with van der Waals surface area (Å²) >= 11 is 6.43. The molecule has 0 bridgehead atoms. The molecule has 0 spiro atoms. The quantitative estimate of drug-likeness (QED) is 0.478. The fourth-order valence-corrected chi connectivity index (χ4v) is 2.20. The Morgan fingerprint density at radius 3 is 2.57 bits per heavy atom. The molecule has 0 aliphatic rings. The summed E-state index contributed by atoms with van der Waals surface area (Å²) in [6, 6.07) is 0. The zero-order valence-electron chi connectivity index (χ0n) is 3.95. The maximum absolute atomic E-state index is 3.06. The maximum atomic E-state index is 3.06. The highest BCUT2D eigenvalue weighted by atomic mass is 127. The van der Waals surface area contributed by atoms with Gasteiger partial charge in [-0.15, -0.1) is 11.8 Å². The Morgan fingerprint density at radius 2 is 2.43 bits per heavy atom. The molecule has 0 saturated carbocycles. The molecule has 0 heterocycles. The molecule has 0 aliphatic carbocycles. The minimum atomic E-state index is 0.717. The van der Waals surface area contributed by atoms with Crippen molar-refractivity contribution in [2.24, 2.45) is 0 Å². The summed E-state index contributed by atoms with van der Waals surface area (Å²) in [4.78, 5) is 0. The second-order valence-corrected chi connectivity index (χ2v) is 5.14. The lowest BCUT2D eigenvalue weighted by Crippen LogP contribution is -2.08. The summed E-state index contributed by atoms with van der Waals surface area (Å²) in [7, 11) is 0. The van der Waals surface area contributed by atoms with Crippen molar-refractivity contribution in [3.8, 4) is 0 Å². The lowest BCUT2D eigenvalue weighted by atomic mass is 10.8. The zero-order valence-corrected chi connectivity index (χ0v) is 9.08. The van der Waals surface area contributed by atoms with E-state index in [2.05, 4.69) is 55.2 Å². The first-order valence-electron chi connectivity index (χ1n) is 1.81. The van der Waals surface area contributed by atoms with Gasteiger partial charge in [-0.3, -0.25) is 3.53 Å². The largest absolute Gasteiger partial charge is 0.259 e. The van der Waals surface area contributed by atoms with Crippen molar-refractivity contribution in [3.63, 3.8) is 0 Å². The minimum absolute atomic E-state index is 0.717. The second-order valence-electron chi connectivity index (χ2n) is 0.984. The summed E-state index contributed by atoms with van der Waals surface area (Å²) in [5.41, 5.74) is 0. The standard InChI is InChI=1S/C3H7I2NS/c1-7-3(4)2-6-5/h3,6H,2H2,1H3/t3-/m1/s1. The normalized spacial score (nSPS) is 14.1. The molecule has 0 aromatic rings. The molecule has 0 aromatic heterocycles. The Morgan fingerprint density at radius 1 is 1.86 bits per heavy atom. The average Bonchev–Trinajstić information content (AvgIpc) is 1.68. The molecule has 1 atom stereocenters. The number of hydrogen-bond acceptors (Lipinski definition) is 2. The highest BCUT2D eigenvalue weighted by Gasteiger charge is 1.95. The van der Waals surface area contributed by atoms with Crippen molar-refractivity contribution in [3.05, 3.63) is 0 Å². The Balaban J connectivity index is 2.83. The predicted molar refractivity (Wildman–Crippen MR) is 53.3 cm³/mol. The van der Waals surface area contributed by atoms with Crippen LogP contribution in [0.15, 0.2) is 0 Å². The molecule has 4 heteroatoms. The van der Waals surface area contributed by atoms with Crippen LogP contribution in [-0.2, 0) is 0 Å². The summed E-state index contributed by atoms with van der Waals surface area (Å²) in [5.74, 6) is 0. The molecule has 0 unspecified atom stereocenters. The SMILES string of the molecule is CS[C@@H](I)CNI. The fourth-order valence-electron chi connectivity index (χ4n) is 0.144. The lowest BCUT2D eigenvalue weighted by Gasteiger charge is -2.00. The lowest BCUT2D eigenvalue weighted by molar-refractivity contribution is 1.07. The van der Waals surface area contributed by atoms with Crippen molar-refractivity contribution in [1.29, 1.82) is 0 Å². The molecule has 0 rings (SSSR count). The highest BCUT2D eigenvalue weighted by molar-refractivity contribution is 14.1. The number of hydrogen-bond donors (Lipinski definition) is 1. The molecule has 44 valence electrons. The van der Waals surface area contributed by atoms with Gasteiger partial charge in [-0.1, -0.05) is 22.6 Å². The predicted octanol–water partition coefficient (Wildman–Crippen LogP) is 2.05. The first kappa shape index (κ1) is 8.77. The number of nitrogens with one attached hydrogen (secondary N) is 1. The molecule has 0 radical (unpaired) electrons. The smallest absolute Gasteiger partial charge is 0.0694 e. The van der Waals surface area contributed by atoms with Gasteiger partial charge in [-0.2, -0.15) is 0 Å². The Kier molecular flexibility index (Phi) is 7.39. The molecule has 0 amide bonds. The van der Waals surface area contributed by atoms with Crippen LogP contribution in [0.5, 0.6) is 0 Å². The summed E-state index contributed by atoms with van der Waals surface area (Å²) in [5, 5.41) is 0. The van der Waals surface area contributed by atoms with Crippen molar-refractivity contribution in [1.82, 2.24) is 3.53 Å². The molecule has 0 aliphatic heterocycles. The van der Waals surface area contributed by atoms with Crippen LogP contribution in [0.1, 0.15) is 0 Å². The summed E-state index contributed by atoms with van der Waals surface area (Å²) < 4.78 is 3.78. The van der Waals surface area contributed by atoms with Crippen LogP contribution >= 0.6 is 57.2 Å². The molecule has 0 fully saturated rings. The van der Waals surface area contributed by atoms with E-state index >= 15 is 0 Å². The van der Waals surface area contributed by atoms with Crippen molar-refractivity contribution >= 4 is 57.2 Å². The third kappa shape index (κ3) is 5.64. The fraction of sp³-hybridized carbons (Fsp3) is 1.00. The van der Waals surface area contributed by atoms with E-state index in [0.717, 1.165) is 9.80 Å². The van der Waals surface area contributed by atoms with Crippen LogP contribution in [-0.4, -0.2) is 16.1 Å². The van der Waals surface area contributed by atoms with E-state index in [4.69, 9.17) is 0 Å². The third-order valence-electron chi connectivity index (χ3n) is 0.493. The Hall–Kier alpha value is 1.77. The molecular weight excluding hydrogens is 336 g/mol. The topological polar surface area (TPSA) is 12.0 Å².